The number of carboxylic acids is 1. The summed E-state index contributed by atoms with van der Waals surface area (Å²) in [6.07, 6.45) is 42.7. The maximum atomic E-state index is 12.4. The van der Waals surface area contributed by atoms with Crippen molar-refractivity contribution in [3.05, 3.63) is 0 Å². The molecule has 0 aromatic rings. The van der Waals surface area contributed by atoms with Gasteiger partial charge < -0.3 is 9.84 Å². The van der Waals surface area contributed by atoms with Gasteiger partial charge in [-0.3, -0.25) is 9.59 Å². The molecule has 44 heavy (non-hydrogen) atoms. The van der Waals surface area contributed by atoms with Gasteiger partial charge in [0.15, 0.2) is 0 Å². The van der Waals surface area contributed by atoms with Crippen molar-refractivity contribution in [1.29, 1.82) is 0 Å². The fourth-order valence-electron chi connectivity index (χ4n) is 6.35. The van der Waals surface area contributed by atoms with E-state index in [4.69, 9.17) is 9.84 Å². The fourth-order valence-corrected chi connectivity index (χ4v) is 6.35. The van der Waals surface area contributed by atoms with E-state index in [-0.39, 0.29) is 18.5 Å². The molecule has 0 aliphatic heterocycles. The summed E-state index contributed by atoms with van der Waals surface area (Å²) >= 11 is 0. The van der Waals surface area contributed by atoms with E-state index in [0.29, 0.717) is 12.8 Å². The Morgan fingerprint density at radius 1 is 0.409 bits per heavy atom. The van der Waals surface area contributed by atoms with E-state index < -0.39 is 5.97 Å². The first-order valence-electron chi connectivity index (χ1n) is 20.0. The molecule has 0 aromatic carbocycles. The Morgan fingerprint density at radius 3 is 1.02 bits per heavy atom. The zero-order valence-electron chi connectivity index (χ0n) is 30.0. The monoisotopic (exact) mass is 623 g/mol. The molecule has 0 aliphatic carbocycles. The lowest BCUT2D eigenvalue weighted by atomic mass is 10.0. The Morgan fingerprint density at radius 2 is 0.705 bits per heavy atom. The minimum Gasteiger partial charge on any atom is -0.481 e. The van der Waals surface area contributed by atoms with Gasteiger partial charge in [0, 0.05) is 12.8 Å². The number of hydrogen-bond donors (Lipinski definition) is 1. The van der Waals surface area contributed by atoms with E-state index >= 15 is 0 Å². The van der Waals surface area contributed by atoms with Crippen LogP contribution in [-0.4, -0.2) is 23.1 Å². The lowest BCUT2D eigenvalue weighted by Gasteiger charge is -2.17. The second kappa shape index (κ2) is 36.4. The lowest BCUT2D eigenvalue weighted by Crippen LogP contribution is -2.19. The zero-order chi connectivity index (χ0) is 32.2. The molecule has 0 heterocycles. The molecular formula is C40H78O4. The molecule has 0 saturated carbocycles. The third kappa shape index (κ3) is 35.4. The molecule has 0 aliphatic rings. The van der Waals surface area contributed by atoms with Gasteiger partial charge in [-0.25, -0.2) is 0 Å². The molecule has 0 aromatic heterocycles. The van der Waals surface area contributed by atoms with Gasteiger partial charge in [-0.15, -0.1) is 0 Å². The van der Waals surface area contributed by atoms with Gasteiger partial charge in [-0.1, -0.05) is 200 Å². The number of aliphatic carboxylic acids is 1. The Bertz CT molecular complexity index is 590. The van der Waals surface area contributed by atoms with Gasteiger partial charge >= 0.3 is 11.9 Å². The summed E-state index contributed by atoms with van der Waals surface area (Å²) in [4.78, 5) is 23.5. The molecule has 0 amide bonds. The summed E-state index contributed by atoms with van der Waals surface area (Å²) in [5.74, 6) is -0.939. The number of hydrogen-bond acceptors (Lipinski definition) is 3. The summed E-state index contributed by atoms with van der Waals surface area (Å²) in [5, 5.41) is 9.11. The van der Waals surface area contributed by atoms with Gasteiger partial charge in [0.25, 0.3) is 0 Å². The van der Waals surface area contributed by atoms with Crippen molar-refractivity contribution < 1.29 is 19.4 Å². The Hall–Kier alpha value is -1.06. The van der Waals surface area contributed by atoms with Crippen LogP contribution in [0, 0.1) is 0 Å². The highest BCUT2D eigenvalue weighted by Crippen LogP contribution is 2.18. The lowest BCUT2D eigenvalue weighted by molar-refractivity contribution is -0.151. The average Bonchev–Trinajstić information content (AvgIpc) is 3.01. The zero-order valence-corrected chi connectivity index (χ0v) is 30.0. The number of rotatable bonds is 37. The average molecular weight is 623 g/mol. The predicted molar refractivity (Wildman–Crippen MR) is 190 cm³/mol. The number of unbranched alkanes of at least 4 members (excludes halogenated alkanes) is 29. The van der Waals surface area contributed by atoms with E-state index in [1.54, 1.807) is 0 Å². The van der Waals surface area contributed by atoms with Crippen LogP contribution in [0.15, 0.2) is 0 Å². The van der Waals surface area contributed by atoms with Crippen LogP contribution in [0.3, 0.4) is 0 Å². The highest BCUT2D eigenvalue weighted by molar-refractivity contribution is 5.69. The topological polar surface area (TPSA) is 63.6 Å². The minimum atomic E-state index is -0.806. The van der Waals surface area contributed by atoms with Crippen molar-refractivity contribution in [2.75, 3.05) is 0 Å². The highest BCUT2D eigenvalue weighted by Gasteiger charge is 2.16. The molecule has 4 nitrogen and oxygen atoms in total. The summed E-state index contributed by atoms with van der Waals surface area (Å²) < 4.78 is 5.74. The SMILES string of the molecule is CCCCCCCCCCCCCCCCCCCCCC(=O)OC(CCCCCCCCCCCCCC)CCC(=O)O. The molecule has 1 unspecified atom stereocenters. The maximum Gasteiger partial charge on any atom is 0.306 e. The second-order valence-corrected chi connectivity index (χ2v) is 13.8. The number of carbonyl (C=O) groups is 2. The van der Waals surface area contributed by atoms with Gasteiger partial charge in [0.05, 0.1) is 0 Å². The van der Waals surface area contributed by atoms with Crippen LogP contribution in [-0.2, 0) is 14.3 Å². The number of ether oxygens (including phenoxy) is 1. The van der Waals surface area contributed by atoms with E-state index in [1.807, 2.05) is 0 Å². The molecule has 0 fully saturated rings. The Kier molecular flexibility index (Phi) is 35.5. The number of carbonyl (C=O) groups excluding carboxylic acids is 1. The Balaban J connectivity index is 3.63. The van der Waals surface area contributed by atoms with Crippen molar-refractivity contribution in [2.45, 2.75) is 245 Å². The fraction of sp³-hybridized carbons (Fsp3) is 0.950. The normalized spacial score (nSPS) is 12.0. The van der Waals surface area contributed by atoms with Crippen LogP contribution in [0.1, 0.15) is 239 Å². The molecule has 1 atom stereocenters. The van der Waals surface area contributed by atoms with Gasteiger partial charge in [-0.05, 0) is 25.7 Å². The standard InChI is InChI=1S/C40H78O4/c1-3-5-7-9-11-13-15-17-18-19-20-21-22-23-25-27-29-31-33-35-40(43)44-38(36-37-39(41)42)34-32-30-28-26-24-16-14-12-10-8-6-4-2/h38H,3-37H2,1-2H3,(H,41,42). The third-order valence-corrected chi connectivity index (χ3v) is 9.34. The maximum absolute atomic E-state index is 12.4. The summed E-state index contributed by atoms with van der Waals surface area (Å²) in [5.41, 5.74) is 0. The van der Waals surface area contributed by atoms with Crippen LogP contribution in [0.4, 0.5) is 0 Å². The van der Waals surface area contributed by atoms with E-state index in [1.165, 1.54) is 173 Å². The van der Waals surface area contributed by atoms with Gasteiger partial charge in [-0.2, -0.15) is 0 Å². The molecule has 0 rings (SSSR count). The van der Waals surface area contributed by atoms with Gasteiger partial charge in [0.2, 0.25) is 0 Å². The van der Waals surface area contributed by atoms with Crippen molar-refractivity contribution in [3.8, 4) is 0 Å². The molecule has 0 spiro atoms. The largest absolute Gasteiger partial charge is 0.481 e. The molecule has 262 valence electrons. The van der Waals surface area contributed by atoms with Crippen molar-refractivity contribution >= 4 is 11.9 Å². The van der Waals surface area contributed by atoms with Crippen LogP contribution >= 0.6 is 0 Å². The molecule has 0 saturated heterocycles. The minimum absolute atomic E-state index is 0.0788. The van der Waals surface area contributed by atoms with Gasteiger partial charge in [0.1, 0.15) is 6.10 Å². The number of esters is 1. The van der Waals surface area contributed by atoms with E-state index in [2.05, 4.69) is 13.8 Å². The summed E-state index contributed by atoms with van der Waals surface area (Å²) in [6.45, 7) is 4.55. The molecule has 0 bridgehead atoms. The highest BCUT2D eigenvalue weighted by atomic mass is 16.5. The molecule has 0 radical (unpaired) electrons. The van der Waals surface area contributed by atoms with Crippen molar-refractivity contribution in [3.63, 3.8) is 0 Å². The van der Waals surface area contributed by atoms with Crippen LogP contribution < -0.4 is 0 Å². The third-order valence-electron chi connectivity index (χ3n) is 9.34. The second-order valence-electron chi connectivity index (χ2n) is 13.8. The van der Waals surface area contributed by atoms with E-state index in [0.717, 1.165) is 32.1 Å². The summed E-state index contributed by atoms with van der Waals surface area (Å²) in [7, 11) is 0. The number of carboxylic acid groups (broad SMARTS) is 1. The van der Waals surface area contributed by atoms with Crippen LogP contribution in [0.5, 0.6) is 0 Å². The van der Waals surface area contributed by atoms with Crippen LogP contribution in [0.25, 0.3) is 0 Å². The first kappa shape index (κ1) is 42.9. The van der Waals surface area contributed by atoms with E-state index in [9.17, 15) is 9.59 Å². The quantitative estimate of drug-likeness (QED) is 0.0553. The molecule has 4 heteroatoms. The van der Waals surface area contributed by atoms with Crippen molar-refractivity contribution in [2.24, 2.45) is 0 Å². The molecule has 1 N–H and O–H groups in total. The first-order chi connectivity index (χ1) is 21.6. The van der Waals surface area contributed by atoms with Crippen molar-refractivity contribution in [1.82, 2.24) is 0 Å². The Labute approximate surface area is 275 Å². The summed E-state index contributed by atoms with van der Waals surface area (Å²) in [6, 6.07) is 0. The van der Waals surface area contributed by atoms with Crippen LogP contribution in [0.2, 0.25) is 0 Å². The predicted octanol–water partition coefficient (Wildman–Crippen LogP) is 13.7. The smallest absolute Gasteiger partial charge is 0.306 e. The first-order valence-corrected chi connectivity index (χ1v) is 20.0. The molecular weight excluding hydrogens is 544 g/mol.